The summed E-state index contributed by atoms with van der Waals surface area (Å²) in [6, 6.07) is 1.82. The fraction of sp³-hybridized carbons (Fsp3) is 0.577. The summed E-state index contributed by atoms with van der Waals surface area (Å²) in [7, 11) is 5.69. The van der Waals surface area contributed by atoms with Crippen LogP contribution < -0.4 is 4.74 Å². The molecule has 1 N–H and O–H groups in total. The van der Waals surface area contributed by atoms with Crippen LogP contribution in [-0.4, -0.2) is 43.5 Å². The van der Waals surface area contributed by atoms with Crippen molar-refractivity contribution in [1.82, 2.24) is 4.90 Å². The minimum absolute atomic E-state index is 0.107. The lowest BCUT2D eigenvalue weighted by molar-refractivity contribution is -0.121. The molecule has 0 spiro atoms. The number of carbonyl (C=O) groups excluding carboxylic acids is 1. The smallest absolute Gasteiger partial charge is 0.174 e. The van der Waals surface area contributed by atoms with Crippen LogP contribution in [0.3, 0.4) is 0 Å². The van der Waals surface area contributed by atoms with Crippen molar-refractivity contribution in [2.45, 2.75) is 66.2 Å². The third kappa shape index (κ3) is 9.61. The van der Waals surface area contributed by atoms with E-state index in [4.69, 9.17) is 4.74 Å². The molecule has 1 atom stereocenters. The van der Waals surface area contributed by atoms with E-state index in [0.717, 1.165) is 48.7 Å². The molecule has 0 aromatic heterocycles. The third-order valence-electron chi connectivity index (χ3n) is 5.55. The van der Waals surface area contributed by atoms with Crippen LogP contribution in [0.25, 0.3) is 0 Å². The van der Waals surface area contributed by atoms with Crippen molar-refractivity contribution >= 4 is 21.7 Å². The summed E-state index contributed by atoms with van der Waals surface area (Å²) in [6.45, 7) is 9.15. The molecule has 0 amide bonds. The van der Waals surface area contributed by atoms with E-state index in [9.17, 15) is 9.90 Å². The van der Waals surface area contributed by atoms with E-state index >= 15 is 0 Å². The predicted octanol–water partition coefficient (Wildman–Crippen LogP) is 6.49. The Hall–Kier alpha value is -1.59. The number of aromatic hydroxyl groups is 1. The largest absolute Gasteiger partial charge is 0.504 e. The van der Waals surface area contributed by atoms with Crippen molar-refractivity contribution in [1.29, 1.82) is 0 Å². The average molecular weight is 495 g/mol. The Labute approximate surface area is 197 Å². The van der Waals surface area contributed by atoms with Crippen LogP contribution in [0, 0.1) is 5.92 Å². The van der Waals surface area contributed by atoms with Crippen LogP contribution in [-0.2, 0) is 17.6 Å². The quantitative estimate of drug-likeness (QED) is 0.319. The van der Waals surface area contributed by atoms with E-state index in [-0.39, 0.29) is 11.7 Å². The molecule has 1 unspecified atom stereocenters. The van der Waals surface area contributed by atoms with E-state index in [0.29, 0.717) is 18.0 Å². The van der Waals surface area contributed by atoms with Crippen LogP contribution in [0.1, 0.15) is 64.5 Å². The monoisotopic (exact) mass is 493 g/mol. The molecule has 0 fully saturated rings. The van der Waals surface area contributed by atoms with Crippen molar-refractivity contribution in [3.63, 3.8) is 0 Å². The molecule has 0 saturated carbocycles. The van der Waals surface area contributed by atoms with E-state index in [1.165, 1.54) is 16.7 Å². The third-order valence-corrected chi connectivity index (χ3v) is 6.39. The maximum absolute atomic E-state index is 12.2. The number of allylic oxidation sites excluding steroid dienone is 4. The maximum Gasteiger partial charge on any atom is 0.174 e. The normalized spacial score (nSPS) is 12.7. The Balaban J connectivity index is 2.76. The number of Topliss-reactive ketones (excluding diaryl/α,β-unsaturated/α-hetero) is 1. The van der Waals surface area contributed by atoms with Gasteiger partial charge in [0.15, 0.2) is 11.5 Å². The topological polar surface area (TPSA) is 49.8 Å². The zero-order chi connectivity index (χ0) is 23.6. The molecule has 0 bridgehead atoms. The van der Waals surface area contributed by atoms with Gasteiger partial charge in [0.05, 0.1) is 11.6 Å². The number of phenolic OH excluding ortho intramolecular Hbond substituents is 1. The second kappa shape index (κ2) is 13.7. The Morgan fingerprint density at radius 3 is 2.52 bits per heavy atom. The number of hydrogen-bond acceptors (Lipinski definition) is 4. The summed E-state index contributed by atoms with van der Waals surface area (Å²) < 4.78 is 6.21. The lowest BCUT2D eigenvalue weighted by Crippen LogP contribution is -2.16. The predicted molar refractivity (Wildman–Crippen MR) is 134 cm³/mol. The van der Waals surface area contributed by atoms with Gasteiger partial charge in [0.25, 0.3) is 0 Å². The van der Waals surface area contributed by atoms with E-state index in [1.54, 1.807) is 7.11 Å². The van der Waals surface area contributed by atoms with Gasteiger partial charge in [0, 0.05) is 18.9 Å². The highest BCUT2D eigenvalue weighted by Crippen LogP contribution is 2.39. The number of nitrogens with zero attached hydrogens (tertiary/aromatic N) is 1. The number of likely N-dealkylation sites (N-methyl/N-ethyl adjacent to an activating group) is 1. The van der Waals surface area contributed by atoms with E-state index in [1.807, 2.05) is 32.9 Å². The fourth-order valence-corrected chi connectivity index (χ4v) is 4.25. The Morgan fingerprint density at radius 1 is 1.26 bits per heavy atom. The molecule has 5 heteroatoms. The molecule has 1 aromatic carbocycles. The molecule has 31 heavy (non-hydrogen) atoms. The minimum Gasteiger partial charge on any atom is -0.504 e. The summed E-state index contributed by atoms with van der Waals surface area (Å²) in [5.74, 6) is 1.08. The summed E-state index contributed by atoms with van der Waals surface area (Å²) >= 11 is 3.63. The Kier molecular flexibility index (Phi) is 12.2. The SMILES string of the molecule is COc1c(O)cc(C/C=C(\C)CCCC(C)C(=O)CC=C(C)C)c(CCN(C)C)c1Br. The van der Waals surface area contributed by atoms with E-state index < -0.39 is 0 Å². The average Bonchev–Trinajstić information content (AvgIpc) is 2.69. The van der Waals surface area contributed by atoms with Gasteiger partial charge < -0.3 is 14.7 Å². The lowest BCUT2D eigenvalue weighted by Gasteiger charge is -2.17. The molecule has 0 saturated heterocycles. The van der Waals surface area contributed by atoms with Gasteiger partial charge in [0.2, 0.25) is 0 Å². The number of ketones is 1. The molecule has 0 aliphatic heterocycles. The van der Waals surface area contributed by atoms with Gasteiger partial charge >= 0.3 is 0 Å². The first-order chi connectivity index (χ1) is 14.6. The summed E-state index contributed by atoms with van der Waals surface area (Å²) in [5.41, 5.74) is 4.79. The van der Waals surface area contributed by atoms with Crippen LogP contribution in [0.4, 0.5) is 0 Å². The van der Waals surface area contributed by atoms with Crippen LogP contribution in [0.2, 0.25) is 0 Å². The molecular weight excluding hydrogens is 454 g/mol. The van der Waals surface area contributed by atoms with Crippen molar-refractivity contribution in [3.05, 3.63) is 45.0 Å². The van der Waals surface area contributed by atoms with Crippen molar-refractivity contribution < 1.29 is 14.6 Å². The standard InChI is InChI=1S/C26H40BrNO3/c1-18(2)11-14-23(29)20(4)10-8-9-19(3)12-13-21-17-24(30)26(31-7)25(27)22(21)15-16-28(5)6/h11-12,17,20,30H,8-10,13-16H2,1-7H3/b19-12+. The van der Waals surface area contributed by atoms with Gasteiger partial charge in [-0.05, 0) is 100 Å². The number of benzene rings is 1. The summed E-state index contributed by atoms with van der Waals surface area (Å²) in [6.07, 6.45) is 9.35. The number of methoxy groups -OCH3 is 1. The van der Waals surface area contributed by atoms with Crippen molar-refractivity contribution in [2.75, 3.05) is 27.7 Å². The first-order valence-electron chi connectivity index (χ1n) is 11.1. The maximum atomic E-state index is 12.2. The molecule has 4 nitrogen and oxygen atoms in total. The first kappa shape index (κ1) is 27.4. The molecule has 0 heterocycles. The van der Waals surface area contributed by atoms with Gasteiger partial charge in [0.1, 0.15) is 5.78 Å². The number of phenols is 1. The minimum atomic E-state index is 0.107. The molecule has 0 aliphatic rings. The van der Waals surface area contributed by atoms with Crippen molar-refractivity contribution in [3.8, 4) is 11.5 Å². The highest BCUT2D eigenvalue weighted by molar-refractivity contribution is 9.10. The van der Waals surface area contributed by atoms with Gasteiger partial charge in [-0.2, -0.15) is 0 Å². The molecule has 0 aliphatic carbocycles. The lowest BCUT2D eigenvalue weighted by atomic mass is 9.94. The number of carbonyl (C=O) groups is 1. The van der Waals surface area contributed by atoms with Gasteiger partial charge in [-0.15, -0.1) is 0 Å². The van der Waals surface area contributed by atoms with Crippen molar-refractivity contribution in [2.24, 2.45) is 5.92 Å². The zero-order valence-electron chi connectivity index (χ0n) is 20.3. The fourth-order valence-electron chi connectivity index (χ4n) is 3.43. The van der Waals surface area contributed by atoms with Gasteiger partial charge in [-0.25, -0.2) is 0 Å². The number of halogens is 1. The Bertz CT molecular complexity index is 792. The molecule has 1 rings (SSSR count). The van der Waals surface area contributed by atoms with Gasteiger partial charge in [-0.1, -0.05) is 30.2 Å². The highest BCUT2D eigenvalue weighted by Gasteiger charge is 2.17. The second-order valence-electron chi connectivity index (χ2n) is 8.93. The zero-order valence-corrected chi connectivity index (χ0v) is 21.9. The number of ether oxygens (including phenoxy) is 1. The highest BCUT2D eigenvalue weighted by atomic mass is 79.9. The Morgan fingerprint density at radius 2 is 1.94 bits per heavy atom. The van der Waals surface area contributed by atoms with Crippen LogP contribution >= 0.6 is 15.9 Å². The number of rotatable bonds is 13. The molecule has 0 radical (unpaired) electrons. The second-order valence-corrected chi connectivity index (χ2v) is 9.73. The first-order valence-corrected chi connectivity index (χ1v) is 11.9. The van der Waals surface area contributed by atoms with Gasteiger partial charge in [-0.3, -0.25) is 4.79 Å². The number of hydrogen-bond donors (Lipinski definition) is 1. The van der Waals surface area contributed by atoms with Crippen LogP contribution in [0.15, 0.2) is 33.8 Å². The molecule has 174 valence electrons. The van der Waals surface area contributed by atoms with E-state index in [2.05, 4.69) is 47.9 Å². The molecule has 1 aromatic rings. The molecular formula is C26H40BrNO3. The van der Waals surface area contributed by atoms with Crippen LogP contribution in [0.5, 0.6) is 11.5 Å². The summed E-state index contributed by atoms with van der Waals surface area (Å²) in [5, 5.41) is 10.3. The summed E-state index contributed by atoms with van der Waals surface area (Å²) in [4.78, 5) is 14.3.